The highest BCUT2D eigenvalue weighted by atomic mass is 32.2. The normalized spacial score (nSPS) is 24.4. The molecule has 2 aliphatic rings. The van der Waals surface area contributed by atoms with Crippen LogP contribution in [-0.4, -0.2) is 55.4 Å². The smallest absolute Gasteiger partial charge is 0.241 e. The van der Waals surface area contributed by atoms with Gasteiger partial charge in [-0.05, 0) is 17.5 Å². The SMILES string of the molecule is COC1([C@H](N=[N+]=[N-])C(=O)N2C(=O)CC[C@@H]2c2ccccc2)CS(=O)(=O)C1. The topological polar surface area (TPSA) is 130 Å². The Bertz CT molecular complexity index is 867. The molecule has 2 amide bonds. The van der Waals surface area contributed by atoms with Crippen LogP contribution in [0.15, 0.2) is 35.4 Å². The Morgan fingerprint density at radius 3 is 2.58 bits per heavy atom. The molecule has 0 aromatic heterocycles. The molecule has 1 aromatic rings. The van der Waals surface area contributed by atoms with Gasteiger partial charge in [0.25, 0.3) is 0 Å². The minimum absolute atomic E-state index is 0.187. The molecule has 2 atom stereocenters. The largest absolute Gasteiger partial charge is 0.375 e. The molecule has 9 nitrogen and oxygen atoms in total. The van der Waals surface area contributed by atoms with E-state index in [0.29, 0.717) is 6.42 Å². The highest BCUT2D eigenvalue weighted by molar-refractivity contribution is 7.93. The Balaban J connectivity index is 1.96. The van der Waals surface area contributed by atoms with Gasteiger partial charge < -0.3 is 4.74 Å². The lowest BCUT2D eigenvalue weighted by atomic mass is 9.95. The van der Waals surface area contributed by atoms with E-state index in [1.54, 1.807) is 12.1 Å². The molecule has 0 bridgehead atoms. The van der Waals surface area contributed by atoms with E-state index in [0.717, 1.165) is 10.5 Å². The molecule has 2 heterocycles. The fourth-order valence-corrected chi connectivity index (χ4v) is 5.56. The first-order chi connectivity index (χ1) is 12.3. The molecular weight excluding hydrogens is 360 g/mol. The fraction of sp³-hybridized carbons (Fsp3) is 0.500. The molecule has 0 saturated carbocycles. The third-order valence-electron chi connectivity index (χ3n) is 4.87. The van der Waals surface area contributed by atoms with Crippen molar-refractivity contribution >= 4 is 21.7 Å². The minimum atomic E-state index is -3.36. The minimum Gasteiger partial charge on any atom is -0.375 e. The highest BCUT2D eigenvalue weighted by Crippen LogP contribution is 2.38. The number of hydrogen-bond acceptors (Lipinski definition) is 6. The van der Waals surface area contributed by atoms with Gasteiger partial charge in [0, 0.05) is 18.4 Å². The summed E-state index contributed by atoms with van der Waals surface area (Å²) < 4.78 is 28.6. The number of rotatable bonds is 5. The number of carbonyl (C=O) groups excluding carboxylic acids is 2. The number of amides is 2. The summed E-state index contributed by atoms with van der Waals surface area (Å²) in [5, 5.41) is 3.51. The summed E-state index contributed by atoms with van der Waals surface area (Å²) >= 11 is 0. The average Bonchev–Trinajstić information content (AvgIpc) is 2.99. The van der Waals surface area contributed by atoms with Crippen molar-refractivity contribution in [1.29, 1.82) is 0 Å². The number of sulfone groups is 1. The predicted molar refractivity (Wildman–Crippen MR) is 91.6 cm³/mol. The maximum atomic E-state index is 13.1. The Morgan fingerprint density at radius 2 is 2.04 bits per heavy atom. The molecule has 138 valence electrons. The molecule has 2 fully saturated rings. The predicted octanol–water partition coefficient (Wildman–Crippen LogP) is 1.37. The van der Waals surface area contributed by atoms with E-state index < -0.39 is 44.9 Å². The van der Waals surface area contributed by atoms with Crippen molar-refractivity contribution in [3.8, 4) is 0 Å². The van der Waals surface area contributed by atoms with Crippen LogP contribution in [0.3, 0.4) is 0 Å². The molecule has 1 aromatic carbocycles. The number of ether oxygens (including phenoxy) is 1. The molecule has 3 rings (SSSR count). The third kappa shape index (κ3) is 3.07. The summed E-state index contributed by atoms with van der Waals surface area (Å²) in [5.74, 6) is -1.96. The molecular formula is C16H18N4O5S. The third-order valence-corrected chi connectivity index (χ3v) is 6.73. The van der Waals surface area contributed by atoms with Crippen molar-refractivity contribution in [2.24, 2.45) is 5.11 Å². The monoisotopic (exact) mass is 378 g/mol. The van der Waals surface area contributed by atoms with Crippen molar-refractivity contribution in [1.82, 2.24) is 4.90 Å². The van der Waals surface area contributed by atoms with Crippen LogP contribution in [-0.2, 0) is 24.2 Å². The summed E-state index contributed by atoms with van der Waals surface area (Å²) in [6, 6.07) is 7.17. The first-order valence-corrected chi connectivity index (χ1v) is 9.86. The lowest BCUT2D eigenvalue weighted by Crippen LogP contribution is -2.66. The Labute approximate surface area is 150 Å². The van der Waals surface area contributed by atoms with Gasteiger partial charge in [-0.2, -0.15) is 0 Å². The molecule has 10 heteroatoms. The van der Waals surface area contributed by atoms with Crippen molar-refractivity contribution < 1.29 is 22.7 Å². The second-order valence-electron chi connectivity index (χ2n) is 6.48. The zero-order valence-electron chi connectivity index (χ0n) is 14.1. The van der Waals surface area contributed by atoms with Crippen LogP contribution in [0.4, 0.5) is 0 Å². The number of hydrogen-bond donors (Lipinski definition) is 0. The lowest BCUT2D eigenvalue weighted by Gasteiger charge is -2.44. The van der Waals surface area contributed by atoms with Gasteiger partial charge in [0.05, 0.1) is 17.5 Å². The summed E-state index contributed by atoms with van der Waals surface area (Å²) in [5.41, 5.74) is 8.24. The molecule has 0 spiro atoms. The van der Waals surface area contributed by atoms with E-state index in [1.807, 2.05) is 18.2 Å². The van der Waals surface area contributed by atoms with E-state index in [1.165, 1.54) is 7.11 Å². The molecule has 0 aliphatic carbocycles. The molecule has 2 aliphatic heterocycles. The maximum absolute atomic E-state index is 13.1. The first kappa shape index (κ1) is 18.4. The van der Waals surface area contributed by atoms with Gasteiger partial charge in [-0.1, -0.05) is 35.4 Å². The quantitative estimate of drug-likeness (QED) is 0.434. The standard InChI is InChI=1S/C16H18N4O5S/c1-25-16(9-26(23,24)10-16)14(18-19-17)15(22)20-12(7-8-13(20)21)11-5-3-2-4-6-11/h2-6,12,14H,7-10H2,1H3/t12-,14-/m1/s1. The first-order valence-electron chi connectivity index (χ1n) is 8.04. The van der Waals surface area contributed by atoms with Crippen LogP contribution in [0.2, 0.25) is 0 Å². The second kappa shape index (κ2) is 6.71. The van der Waals surface area contributed by atoms with E-state index in [9.17, 15) is 18.0 Å². The van der Waals surface area contributed by atoms with Crippen molar-refractivity contribution in [3.63, 3.8) is 0 Å². The highest BCUT2D eigenvalue weighted by Gasteiger charge is 2.58. The second-order valence-corrected chi connectivity index (χ2v) is 8.54. The number of imide groups is 1. The molecule has 0 radical (unpaired) electrons. The van der Waals surface area contributed by atoms with Crippen LogP contribution in [0.1, 0.15) is 24.4 Å². The number of nitrogens with zero attached hydrogens (tertiary/aromatic N) is 4. The molecule has 0 N–H and O–H groups in total. The number of carbonyl (C=O) groups is 2. The molecule has 0 unspecified atom stereocenters. The van der Waals surface area contributed by atoms with Crippen molar-refractivity contribution in [2.75, 3.05) is 18.6 Å². The Hall–Kier alpha value is -2.42. The summed E-state index contributed by atoms with van der Waals surface area (Å²) in [7, 11) is -2.10. The Kier molecular flexibility index (Phi) is 4.74. The van der Waals surface area contributed by atoms with Gasteiger partial charge in [0.2, 0.25) is 11.8 Å². The van der Waals surface area contributed by atoms with Gasteiger partial charge in [0.15, 0.2) is 9.84 Å². The van der Waals surface area contributed by atoms with Crippen LogP contribution in [0.5, 0.6) is 0 Å². The van der Waals surface area contributed by atoms with E-state index >= 15 is 0 Å². The molecule has 2 saturated heterocycles. The van der Waals surface area contributed by atoms with Crippen molar-refractivity contribution in [2.45, 2.75) is 30.5 Å². The van der Waals surface area contributed by atoms with Crippen LogP contribution >= 0.6 is 0 Å². The zero-order valence-corrected chi connectivity index (χ0v) is 14.9. The summed E-state index contributed by atoms with van der Waals surface area (Å²) in [6.45, 7) is 0. The van der Waals surface area contributed by atoms with E-state index in [2.05, 4.69) is 10.0 Å². The summed E-state index contributed by atoms with van der Waals surface area (Å²) in [6.07, 6.45) is 0.641. The van der Waals surface area contributed by atoms with Gasteiger partial charge in [-0.3, -0.25) is 14.5 Å². The Morgan fingerprint density at radius 1 is 1.38 bits per heavy atom. The average molecular weight is 378 g/mol. The van der Waals surface area contributed by atoms with Gasteiger partial charge in [0.1, 0.15) is 11.6 Å². The zero-order chi connectivity index (χ0) is 18.9. The van der Waals surface area contributed by atoms with E-state index in [4.69, 9.17) is 10.3 Å². The number of likely N-dealkylation sites (tertiary alicyclic amines) is 1. The lowest BCUT2D eigenvalue weighted by molar-refractivity contribution is -0.149. The summed E-state index contributed by atoms with van der Waals surface area (Å²) in [4.78, 5) is 29.2. The fourth-order valence-electron chi connectivity index (χ4n) is 3.60. The number of methoxy groups -OCH3 is 1. The van der Waals surface area contributed by atoms with Crippen LogP contribution < -0.4 is 0 Å². The van der Waals surface area contributed by atoms with Crippen molar-refractivity contribution in [3.05, 3.63) is 46.3 Å². The molecule has 26 heavy (non-hydrogen) atoms. The van der Waals surface area contributed by atoms with Gasteiger partial charge in [-0.25, -0.2) is 8.42 Å². The maximum Gasteiger partial charge on any atom is 0.241 e. The number of benzene rings is 1. The number of azide groups is 1. The van der Waals surface area contributed by atoms with Gasteiger partial charge >= 0.3 is 0 Å². The van der Waals surface area contributed by atoms with E-state index in [-0.39, 0.29) is 12.3 Å². The van der Waals surface area contributed by atoms with Gasteiger partial charge in [-0.15, -0.1) is 0 Å². The van der Waals surface area contributed by atoms with Crippen LogP contribution in [0, 0.1) is 0 Å². The van der Waals surface area contributed by atoms with Crippen LogP contribution in [0.25, 0.3) is 10.4 Å².